The van der Waals surface area contributed by atoms with Gasteiger partial charge in [0.1, 0.15) is 75.8 Å². The minimum atomic E-state index is -10.7. The van der Waals surface area contributed by atoms with E-state index in [1.165, 1.54) is 134 Å². The number of hydrogen-bond donors (Lipinski definition) is 0. The molecule has 0 radical (unpaired) electrons. The molecule has 1 aliphatic carbocycles. The van der Waals surface area contributed by atoms with Crippen molar-refractivity contribution in [3.05, 3.63) is 208 Å². The van der Waals surface area contributed by atoms with Crippen LogP contribution in [0.3, 0.4) is 0 Å². The molecule has 0 fully saturated rings. The molecule has 0 atom stereocenters. The fraction of sp³-hybridized carbons (Fsp3) is 0.400. The molecule has 8 nitrogen and oxygen atoms in total. The van der Waals surface area contributed by atoms with Gasteiger partial charge in [0.2, 0.25) is 25.3 Å². The van der Waals surface area contributed by atoms with E-state index in [1.807, 2.05) is 0 Å². The Morgan fingerprint density at radius 1 is 0.240 bits per heavy atom. The molecule has 544 valence electrons. The van der Waals surface area contributed by atoms with Crippen molar-refractivity contribution >= 4 is 31.2 Å². The first-order valence-electron chi connectivity index (χ1n) is 28.8. The van der Waals surface area contributed by atoms with Crippen LogP contribution in [0, 0.1) is 83.1 Å². The quantitative estimate of drug-likeness (QED) is 0.0826. The van der Waals surface area contributed by atoms with E-state index in [0.29, 0.717) is 0 Å². The normalized spacial score (nSPS) is 15.8. The molecule has 0 unspecified atom stereocenters. The topological polar surface area (TPSA) is 35.2 Å². The zero-order chi connectivity index (χ0) is 74.3. The summed E-state index contributed by atoms with van der Waals surface area (Å²) < 4.78 is 255. The number of aryl methyl sites for hydroxylation is 4. The molecular weight excluding hydrogens is 1410 g/mol. The van der Waals surface area contributed by atoms with Crippen LogP contribution in [-0.2, 0) is 80.1 Å². The molecule has 0 spiro atoms. The summed E-state index contributed by atoms with van der Waals surface area (Å²) in [6, 6.07) is 0. The number of hydrogen-bond acceptors (Lipinski definition) is 0. The predicted molar refractivity (Wildman–Crippen MR) is 327 cm³/mol. The Bertz CT molecular complexity index is 3620. The zero-order valence-corrected chi connectivity index (χ0v) is 58.6. The van der Waals surface area contributed by atoms with E-state index in [1.54, 1.807) is 0 Å². The standard InChI is InChI=1S/C60H76N8.4F6P/c1-37-49-25-51-38(2)53(45(9)58(43(51)7)30-66-22-18-62(14)34-66)27-55-40(4)56(48(12)60(47(55)11)32-68-24-20-64(16)36-68)28-54-39(3)52(44(8)59(46(54)10)31-67-23-19-63(15)35-67)26-50(37)42(6)57(41(49)5)29-65-21-17-61(13)33-65;4*1-7(2,3,4,5)6/h17-24,33-36H,25-32H2,1-16H3;;;;/q+4;4*-1. The predicted octanol–water partition coefficient (Wildman–Crippen LogP) is 22.3. The molecule has 4 aromatic carbocycles. The number of benzene rings is 4. The first-order chi connectivity index (χ1) is 42.1. The summed E-state index contributed by atoms with van der Waals surface area (Å²) in [7, 11) is -34.1. The molecule has 0 saturated heterocycles. The first-order valence-corrected chi connectivity index (χ1v) is 36.9. The summed E-state index contributed by atoms with van der Waals surface area (Å²) in [6.45, 7) is 32.5. The number of halogens is 24. The van der Waals surface area contributed by atoms with Crippen LogP contribution in [0.2, 0.25) is 0 Å². The van der Waals surface area contributed by atoms with E-state index in [0.717, 1.165) is 51.9 Å². The molecule has 1 aliphatic rings. The summed E-state index contributed by atoms with van der Waals surface area (Å²) in [6.07, 6.45) is 30.0. The molecule has 36 heteroatoms. The maximum atomic E-state index is 9.87. The number of fused-ring (bicyclic) bond motifs is 8. The number of rotatable bonds is 8. The Morgan fingerprint density at radius 3 is 0.448 bits per heavy atom. The van der Waals surface area contributed by atoms with Crippen molar-refractivity contribution < 1.29 is 119 Å². The molecule has 0 N–H and O–H groups in total. The molecule has 8 bridgehead atoms. The van der Waals surface area contributed by atoms with Crippen LogP contribution >= 0.6 is 31.2 Å². The molecule has 9 rings (SSSR count). The number of nitrogens with zero attached hydrogens (tertiary/aromatic N) is 8. The summed E-state index contributed by atoms with van der Waals surface area (Å²) in [4.78, 5) is 0. The van der Waals surface area contributed by atoms with Crippen molar-refractivity contribution in [2.45, 2.75) is 135 Å². The van der Waals surface area contributed by atoms with E-state index in [9.17, 15) is 101 Å². The summed E-state index contributed by atoms with van der Waals surface area (Å²) in [5.41, 5.74) is 34.9. The summed E-state index contributed by atoms with van der Waals surface area (Å²) in [5.74, 6) is 0. The minimum absolute atomic E-state index is 0.842. The fourth-order valence-corrected chi connectivity index (χ4v) is 12.4. The maximum absolute atomic E-state index is 10.7. The van der Waals surface area contributed by atoms with Crippen LogP contribution in [0.15, 0.2) is 74.9 Å². The van der Waals surface area contributed by atoms with Crippen LogP contribution in [0.5, 0.6) is 0 Å². The fourth-order valence-electron chi connectivity index (χ4n) is 12.4. The Morgan fingerprint density at radius 2 is 0.354 bits per heavy atom. The monoisotopic (exact) mass is 1490 g/mol. The van der Waals surface area contributed by atoms with Crippen molar-refractivity contribution in [3.63, 3.8) is 0 Å². The molecule has 4 heterocycles. The van der Waals surface area contributed by atoms with Gasteiger partial charge in [-0.3, -0.25) is 0 Å². The van der Waals surface area contributed by atoms with Gasteiger partial charge in [-0.1, -0.05) is 0 Å². The van der Waals surface area contributed by atoms with Gasteiger partial charge in [0.15, 0.2) is 0 Å². The van der Waals surface area contributed by atoms with Crippen molar-refractivity contribution in [2.75, 3.05) is 0 Å². The van der Waals surface area contributed by atoms with Gasteiger partial charge in [-0.25, -0.2) is 36.5 Å². The number of imidazole rings is 4. The van der Waals surface area contributed by atoms with Crippen LogP contribution in [0.4, 0.5) is 101 Å². The average Bonchev–Trinajstić information content (AvgIpc) is 0.791. The van der Waals surface area contributed by atoms with Gasteiger partial charge in [-0.05, 0) is 242 Å². The third-order valence-corrected chi connectivity index (χ3v) is 16.9. The van der Waals surface area contributed by atoms with Gasteiger partial charge in [0.05, 0.1) is 28.2 Å². The van der Waals surface area contributed by atoms with Crippen LogP contribution < -0.4 is 18.3 Å². The molecule has 8 aromatic rings. The van der Waals surface area contributed by atoms with E-state index in [4.69, 9.17) is 0 Å². The van der Waals surface area contributed by atoms with Gasteiger partial charge in [0.25, 0.3) is 0 Å². The Hall–Kier alpha value is -6.24. The molecular formula is C60H76F24N8P4. The van der Waals surface area contributed by atoms with Crippen LogP contribution in [-0.4, -0.2) is 18.3 Å². The van der Waals surface area contributed by atoms with E-state index in [2.05, 4.69) is 223 Å². The zero-order valence-electron chi connectivity index (χ0n) is 55.0. The molecule has 96 heavy (non-hydrogen) atoms. The van der Waals surface area contributed by atoms with Crippen molar-refractivity contribution in [1.29, 1.82) is 0 Å². The Labute approximate surface area is 538 Å². The summed E-state index contributed by atoms with van der Waals surface area (Å²) in [5, 5.41) is 0. The van der Waals surface area contributed by atoms with E-state index in [-0.39, 0.29) is 0 Å². The molecule has 0 saturated carbocycles. The average molecular weight is 1490 g/mol. The van der Waals surface area contributed by atoms with Gasteiger partial charge in [-0.2, -0.15) is 0 Å². The van der Waals surface area contributed by atoms with Gasteiger partial charge >= 0.3 is 132 Å². The van der Waals surface area contributed by atoms with Crippen molar-refractivity contribution in [1.82, 2.24) is 18.3 Å². The van der Waals surface area contributed by atoms with E-state index >= 15 is 0 Å². The molecule has 0 aliphatic heterocycles. The second-order valence-electron chi connectivity index (χ2n) is 24.8. The second-order valence-corrected chi connectivity index (χ2v) is 32.5. The first kappa shape index (κ1) is 80.4. The van der Waals surface area contributed by atoms with E-state index < -0.39 is 31.2 Å². The van der Waals surface area contributed by atoms with Gasteiger partial charge < -0.3 is 0 Å². The van der Waals surface area contributed by atoms with Crippen LogP contribution in [0.1, 0.15) is 134 Å². The SMILES string of the molecule is Cc1c2c(C)c(Cn3cc[n+](C)c3)c(C)c1Cc1c(C)c(c(C)c(Cn3cc[n+](C)c3)c1C)Cc1c(C)c(c(C)c(Cn3cc[n+](C)c3)c1C)Cc1c(C)c(c(C)c(Cn3cc[n+](C)c3)c1C)C2.F[P-](F)(F)(F)(F)F.F[P-](F)(F)(F)(F)F.F[P-](F)(F)(F)(F)F.F[P-](F)(F)(F)(F)F. The third kappa shape index (κ3) is 26.5. The van der Waals surface area contributed by atoms with Crippen molar-refractivity contribution in [2.24, 2.45) is 28.2 Å². The Kier molecular flexibility index (Phi) is 19.9. The summed E-state index contributed by atoms with van der Waals surface area (Å²) >= 11 is 0. The van der Waals surface area contributed by atoms with Gasteiger partial charge in [-0.15, -0.1) is 0 Å². The molecule has 4 aromatic heterocycles. The van der Waals surface area contributed by atoms with Crippen molar-refractivity contribution in [3.8, 4) is 0 Å². The number of aromatic nitrogens is 8. The second kappa shape index (κ2) is 23.7. The van der Waals surface area contributed by atoms with Gasteiger partial charge in [0, 0.05) is 0 Å². The third-order valence-electron chi connectivity index (χ3n) is 16.9. The Balaban J connectivity index is 0.000000497. The van der Waals surface area contributed by atoms with Crippen LogP contribution in [0.25, 0.3) is 0 Å². The molecule has 0 amide bonds.